The number of carbonyl (C=O) groups is 3. The van der Waals surface area contributed by atoms with Crippen molar-refractivity contribution < 1.29 is 19.5 Å². The fourth-order valence-corrected chi connectivity index (χ4v) is 9.11. The van der Waals surface area contributed by atoms with Crippen molar-refractivity contribution in [2.24, 2.45) is 11.8 Å². The molecule has 0 aromatic heterocycles. The minimum absolute atomic E-state index is 0.00602. The number of likely N-dealkylation sites (N-methyl/N-ethyl adjacent to an activating group) is 1. The fraction of sp³-hybridized carbons (Fsp3) is 0.759. The SMILES string of the molecule is C=CCN(C)C(=O)[C@H]1[C@H]2C(=O)N(CCCCCCO)C(C(=O)N(CC=C)CCCCC)C23CC[C@]1(C)S3. The average Bonchev–Trinajstić information content (AvgIpc) is 3.43. The lowest BCUT2D eigenvalue weighted by Gasteiger charge is -2.38. The zero-order valence-corrected chi connectivity index (χ0v) is 23.9. The Hall–Kier alpha value is -1.80. The molecular formula is C29H47N3O4S. The van der Waals surface area contributed by atoms with E-state index in [1.165, 1.54) is 0 Å². The molecule has 0 radical (unpaired) electrons. The molecule has 8 heteroatoms. The Labute approximate surface area is 227 Å². The van der Waals surface area contributed by atoms with Gasteiger partial charge in [0.1, 0.15) is 6.04 Å². The van der Waals surface area contributed by atoms with Gasteiger partial charge in [0.05, 0.1) is 16.6 Å². The zero-order valence-electron chi connectivity index (χ0n) is 23.1. The van der Waals surface area contributed by atoms with Gasteiger partial charge < -0.3 is 19.8 Å². The second-order valence-corrected chi connectivity index (χ2v) is 13.1. The van der Waals surface area contributed by atoms with Crippen molar-refractivity contribution in [3.8, 4) is 0 Å². The van der Waals surface area contributed by atoms with Crippen LogP contribution in [0, 0.1) is 11.8 Å². The number of thioether (sulfide) groups is 1. The summed E-state index contributed by atoms with van der Waals surface area (Å²) in [5.41, 5.74) is 0. The molecule has 1 N–H and O–H groups in total. The van der Waals surface area contributed by atoms with Crippen molar-refractivity contribution in [3.05, 3.63) is 25.3 Å². The van der Waals surface area contributed by atoms with Gasteiger partial charge in [-0.05, 0) is 39.0 Å². The molecule has 5 atom stereocenters. The van der Waals surface area contributed by atoms with Gasteiger partial charge in [0.25, 0.3) is 0 Å². The molecule has 0 saturated carbocycles. The molecule has 3 rings (SSSR count). The summed E-state index contributed by atoms with van der Waals surface area (Å²) < 4.78 is -0.933. The third kappa shape index (κ3) is 5.65. The highest BCUT2D eigenvalue weighted by molar-refractivity contribution is 8.02. The molecule has 3 heterocycles. The predicted molar refractivity (Wildman–Crippen MR) is 150 cm³/mol. The van der Waals surface area contributed by atoms with Crippen molar-refractivity contribution in [1.29, 1.82) is 0 Å². The molecule has 208 valence electrons. The molecule has 0 aliphatic carbocycles. The molecule has 0 aromatic carbocycles. The first-order valence-corrected chi connectivity index (χ1v) is 14.9. The van der Waals surface area contributed by atoms with E-state index in [1.807, 2.05) is 9.80 Å². The van der Waals surface area contributed by atoms with Gasteiger partial charge in [-0.1, -0.05) is 44.8 Å². The summed E-state index contributed by atoms with van der Waals surface area (Å²) in [6, 6.07) is -0.557. The second kappa shape index (κ2) is 12.8. The van der Waals surface area contributed by atoms with E-state index in [9.17, 15) is 14.4 Å². The van der Waals surface area contributed by atoms with Crippen molar-refractivity contribution >= 4 is 29.5 Å². The van der Waals surface area contributed by atoms with Gasteiger partial charge in [-0.25, -0.2) is 0 Å². The van der Waals surface area contributed by atoms with Crippen LogP contribution in [0.4, 0.5) is 0 Å². The van der Waals surface area contributed by atoms with Crippen LogP contribution in [0.3, 0.4) is 0 Å². The van der Waals surface area contributed by atoms with Crippen molar-refractivity contribution in [1.82, 2.24) is 14.7 Å². The molecule has 3 aliphatic heterocycles. The maximum absolute atomic E-state index is 14.3. The van der Waals surface area contributed by atoms with Crippen LogP contribution in [0.5, 0.6) is 0 Å². The van der Waals surface area contributed by atoms with Gasteiger partial charge >= 0.3 is 0 Å². The number of aliphatic hydroxyl groups is 1. The molecule has 3 fully saturated rings. The summed E-state index contributed by atoms with van der Waals surface area (Å²) in [4.78, 5) is 47.6. The van der Waals surface area contributed by atoms with Crippen molar-refractivity contribution in [2.75, 3.05) is 39.8 Å². The number of carbonyl (C=O) groups excluding carboxylic acids is 3. The number of hydrogen-bond donors (Lipinski definition) is 1. The Morgan fingerprint density at radius 3 is 2.43 bits per heavy atom. The van der Waals surface area contributed by atoms with Gasteiger partial charge in [0.2, 0.25) is 17.7 Å². The molecule has 0 aromatic rings. The molecule has 37 heavy (non-hydrogen) atoms. The summed E-state index contributed by atoms with van der Waals surface area (Å²) in [5.74, 6) is -0.966. The van der Waals surface area contributed by atoms with Gasteiger partial charge in [-0.2, -0.15) is 0 Å². The first-order valence-electron chi connectivity index (χ1n) is 14.1. The number of amides is 3. The Morgan fingerprint density at radius 1 is 1.08 bits per heavy atom. The normalized spacial score (nSPS) is 29.9. The Kier molecular flexibility index (Phi) is 10.3. The van der Waals surface area contributed by atoms with E-state index < -0.39 is 22.6 Å². The van der Waals surface area contributed by atoms with Crippen LogP contribution in [0.1, 0.15) is 71.6 Å². The average molecular weight is 534 g/mol. The monoisotopic (exact) mass is 533 g/mol. The molecule has 3 aliphatic rings. The molecule has 2 unspecified atom stereocenters. The Balaban J connectivity index is 1.97. The number of fused-ring (bicyclic) bond motifs is 1. The summed E-state index contributed by atoms with van der Waals surface area (Å²) in [6.45, 7) is 14.2. The molecule has 1 spiro atoms. The Bertz CT molecular complexity index is 866. The van der Waals surface area contributed by atoms with E-state index in [1.54, 1.807) is 35.9 Å². The van der Waals surface area contributed by atoms with E-state index in [0.29, 0.717) is 26.2 Å². The van der Waals surface area contributed by atoms with Crippen LogP contribution in [0.2, 0.25) is 0 Å². The van der Waals surface area contributed by atoms with Gasteiger partial charge in [-0.15, -0.1) is 24.9 Å². The third-order valence-electron chi connectivity index (χ3n) is 8.56. The van der Waals surface area contributed by atoms with Crippen LogP contribution >= 0.6 is 11.8 Å². The minimum atomic E-state index is -0.576. The van der Waals surface area contributed by atoms with E-state index in [-0.39, 0.29) is 29.1 Å². The summed E-state index contributed by atoms with van der Waals surface area (Å²) >= 11 is 1.74. The van der Waals surface area contributed by atoms with Gasteiger partial charge in [0.15, 0.2) is 0 Å². The van der Waals surface area contributed by atoms with Crippen LogP contribution in [-0.4, -0.2) is 92.9 Å². The lowest BCUT2D eigenvalue weighted by Crippen LogP contribution is -2.55. The first-order chi connectivity index (χ1) is 17.7. The smallest absolute Gasteiger partial charge is 0.247 e. The van der Waals surface area contributed by atoms with E-state index in [0.717, 1.165) is 57.8 Å². The summed E-state index contributed by atoms with van der Waals surface area (Å²) in [7, 11) is 1.78. The van der Waals surface area contributed by atoms with Crippen LogP contribution in [0.25, 0.3) is 0 Å². The number of hydrogen-bond acceptors (Lipinski definition) is 5. The highest BCUT2D eigenvalue weighted by Gasteiger charge is 2.77. The number of likely N-dealkylation sites (tertiary alicyclic amines) is 1. The van der Waals surface area contributed by atoms with E-state index >= 15 is 0 Å². The minimum Gasteiger partial charge on any atom is -0.396 e. The standard InChI is InChI=1S/C29H47N3O4S/c1-6-9-12-19-31(18-8-3)27(36)24-29-16-15-28(4,37-29)22(25(34)30(5)17-7-2)23(29)26(35)32(24)20-13-10-11-14-21-33/h7-8,22-24,33H,2-3,6,9-21H2,1,4-5H3/t22-,23+,24?,28+,29?/m1/s1. The maximum atomic E-state index is 14.3. The van der Waals surface area contributed by atoms with Crippen LogP contribution in [0.15, 0.2) is 25.3 Å². The van der Waals surface area contributed by atoms with Crippen LogP contribution in [-0.2, 0) is 14.4 Å². The highest BCUT2D eigenvalue weighted by atomic mass is 32.2. The highest BCUT2D eigenvalue weighted by Crippen LogP contribution is 2.71. The topological polar surface area (TPSA) is 81.2 Å². The van der Waals surface area contributed by atoms with Gasteiger partial charge in [-0.3, -0.25) is 14.4 Å². The first kappa shape index (κ1) is 29.8. The second-order valence-electron chi connectivity index (χ2n) is 11.2. The lowest BCUT2D eigenvalue weighted by atomic mass is 9.66. The number of rotatable bonds is 16. The quantitative estimate of drug-likeness (QED) is 0.241. The molecule has 3 amide bonds. The summed E-state index contributed by atoms with van der Waals surface area (Å²) in [5, 5.41) is 9.13. The molecule has 7 nitrogen and oxygen atoms in total. The Morgan fingerprint density at radius 2 is 1.78 bits per heavy atom. The molecule has 2 bridgehead atoms. The lowest BCUT2D eigenvalue weighted by molar-refractivity contribution is -0.145. The third-order valence-corrected chi connectivity index (χ3v) is 10.5. The number of aliphatic hydroxyl groups excluding tert-OH is 1. The van der Waals surface area contributed by atoms with Crippen molar-refractivity contribution in [3.63, 3.8) is 0 Å². The number of unbranched alkanes of at least 4 members (excludes halogenated alkanes) is 5. The molecule has 3 saturated heterocycles. The van der Waals surface area contributed by atoms with Gasteiger partial charge in [0, 0.05) is 44.6 Å². The largest absolute Gasteiger partial charge is 0.396 e. The maximum Gasteiger partial charge on any atom is 0.247 e. The van der Waals surface area contributed by atoms with Crippen LogP contribution < -0.4 is 0 Å². The van der Waals surface area contributed by atoms with E-state index in [2.05, 4.69) is 27.0 Å². The zero-order chi connectivity index (χ0) is 27.2. The van der Waals surface area contributed by atoms with Crippen molar-refractivity contribution in [2.45, 2.75) is 87.2 Å². The predicted octanol–water partition coefficient (Wildman–Crippen LogP) is 3.87. The summed E-state index contributed by atoms with van der Waals surface area (Å²) in [6.07, 6.45) is 11.4. The van der Waals surface area contributed by atoms with E-state index in [4.69, 9.17) is 5.11 Å². The molecular weight excluding hydrogens is 486 g/mol. The number of nitrogens with zero attached hydrogens (tertiary/aromatic N) is 3. The fourth-order valence-electron chi connectivity index (χ4n) is 6.76.